The Hall–Kier alpha value is -1.89. The molecule has 0 heterocycles. The van der Waals surface area contributed by atoms with E-state index in [2.05, 4.69) is 6.07 Å². The lowest BCUT2D eigenvalue weighted by molar-refractivity contribution is 0.319. The van der Waals surface area contributed by atoms with Gasteiger partial charge in [0, 0.05) is 5.56 Å². The van der Waals surface area contributed by atoms with Gasteiger partial charge in [-0.1, -0.05) is 0 Å². The average Bonchev–Trinajstić information content (AvgIpc) is 2.36. The lowest BCUT2D eigenvalue weighted by Crippen LogP contribution is -2.16. The summed E-state index contributed by atoms with van der Waals surface area (Å²) in [6.07, 6.45) is 0. The maximum Gasteiger partial charge on any atom is 0.203 e. The first-order chi connectivity index (χ1) is 8.01. The second kappa shape index (κ2) is 4.96. The first kappa shape index (κ1) is 13.2. The van der Waals surface area contributed by atoms with Crippen LogP contribution in [-0.2, 0) is 5.41 Å². The van der Waals surface area contributed by atoms with Gasteiger partial charge in [-0.05, 0) is 26.0 Å². The van der Waals surface area contributed by atoms with Crippen LogP contribution in [-0.4, -0.2) is 21.3 Å². The maximum atomic E-state index is 9.18. The van der Waals surface area contributed by atoms with Gasteiger partial charge in [-0.25, -0.2) is 0 Å². The highest BCUT2D eigenvalue weighted by Crippen LogP contribution is 2.43. The minimum atomic E-state index is -0.648. The molecular weight excluding hydrogens is 218 g/mol. The van der Waals surface area contributed by atoms with Crippen molar-refractivity contribution in [3.63, 3.8) is 0 Å². The van der Waals surface area contributed by atoms with Crippen molar-refractivity contribution in [3.05, 3.63) is 17.7 Å². The molecule has 0 saturated heterocycles. The summed E-state index contributed by atoms with van der Waals surface area (Å²) < 4.78 is 15.8. The highest BCUT2D eigenvalue weighted by molar-refractivity contribution is 5.58. The highest BCUT2D eigenvalue weighted by atomic mass is 16.5. The fourth-order valence-electron chi connectivity index (χ4n) is 1.65. The Bertz CT molecular complexity index is 447. The van der Waals surface area contributed by atoms with Gasteiger partial charge in [-0.15, -0.1) is 0 Å². The van der Waals surface area contributed by atoms with E-state index in [1.54, 1.807) is 27.4 Å². The van der Waals surface area contributed by atoms with Gasteiger partial charge >= 0.3 is 0 Å². The predicted molar refractivity (Wildman–Crippen MR) is 64.7 cm³/mol. The third kappa shape index (κ3) is 2.28. The summed E-state index contributed by atoms with van der Waals surface area (Å²) in [5.74, 6) is 1.64. The standard InChI is InChI=1S/C13H17NO3/c1-13(2,8-14)9-6-7-10(15-3)12(17-5)11(9)16-4/h6-7H,1-5H3. The highest BCUT2D eigenvalue weighted by Gasteiger charge is 2.27. The summed E-state index contributed by atoms with van der Waals surface area (Å²) in [5.41, 5.74) is 0.130. The number of hydrogen-bond donors (Lipinski definition) is 0. The predicted octanol–water partition coefficient (Wildman–Crippen LogP) is 2.51. The summed E-state index contributed by atoms with van der Waals surface area (Å²) in [5, 5.41) is 9.18. The normalized spacial score (nSPS) is 10.6. The Kier molecular flexibility index (Phi) is 3.84. The molecule has 0 radical (unpaired) electrons. The fraction of sp³-hybridized carbons (Fsp3) is 0.462. The van der Waals surface area contributed by atoms with Gasteiger partial charge in [0.1, 0.15) is 0 Å². The van der Waals surface area contributed by atoms with Gasteiger partial charge in [-0.2, -0.15) is 5.26 Å². The number of benzene rings is 1. The van der Waals surface area contributed by atoms with E-state index in [9.17, 15) is 5.26 Å². The van der Waals surface area contributed by atoms with Crippen LogP contribution in [0, 0.1) is 11.3 Å². The van der Waals surface area contributed by atoms with Crippen LogP contribution in [0.15, 0.2) is 12.1 Å². The molecule has 92 valence electrons. The SMILES string of the molecule is COc1ccc(C(C)(C)C#N)c(OC)c1OC. The molecule has 0 amide bonds. The molecule has 1 rings (SSSR count). The van der Waals surface area contributed by atoms with E-state index in [-0.39, 0.29) is 0 Å². The Labute approximate surface area is 102 Å². The fourth-order valence-corrected chi connectivity index (χ4v) is 1.65. The van der Waals surface area contributed by atoms with Gasteiger partial charge in [0.2, 0.25) is 5.75 Å². The van der Waals surface area contributed by atoms with Gasteiger partial charge in [0.15, 0.2) is 11.5 Å². The summed E-state index contributed by atoms with van der Waals surface area (Å²) in [7, 11) is 4.66. The molecule has 4 nitrogen and oxygen atoms in total. The zero-order valence-electron chi connectivity index (χ0n) is 10.8. The Morgan fingerprint density at radius 2 is 1.59 bits per heavy atom. The van der Waals surface area contributed by atoms with Crippen LogP contribution in [0.25, 0.3) is 0 Å². The summed E-state index contributed by atoms with van der Waals surface area (Å²) >= 11 is 0. The number of ether oxygens (including phenoxy) is 3. The number of hydrogen-bond acceptors (Lipinski definition) is 4. The van der Waals surface area contributed by atoms with E-state index in [0.29, 0.717) is 17.2 Å². The van der Waals surface area contributed by atoms with Crippen molar-refractivity contribution < 1.29 is 14.2 Å². The van der Waals surface area contributed by atoms with E-state index < -0.39 is 5.41 Å². The summed E-state index contributed by atoms with van der Waals surface area (Å²) in [6, 6.07) is 5.84. The molecular formula is C13H17NO3. The van der Waals surface area contributed by atoms with Crippen molar-refractivity contribution in [2.45, 2.75) is 19.3 Å². The maximum absolute atomic E-state index is 9.18. The Morgan fingerprint density at radius 1 is 1.00 bits per heavy atom. The molecule has 4 heteroatoms. The van der Waals surface area contributed by atoms with Crippen molar-refractivity contribution >= 4 is 0 Å². The van der Waals surface area contributed by atoms with E-state index >= 15 is 0 Å². The number of methoxy groups -OCH3 is 3. The zero-order chi connectivity index (χ0) is 13.1. The molecule has 0 aliphatic heterocycles. The lowest BCUT2D eigenvalue weighted by atomic mass is 9.85. The number of rotatable bonds is 4. The number of nitrogens with zero attached hydrogens (tertiary/aromatic N) is 1. The molecule has 17 heavy (non-hydrogen) atoms. The number of nitriles is 1. The van der Waals surface area contributed by atoms with Crippen LogP contribution in [0.3, 0.4) is 0 Å². The molecule has 0 aromatic heterocycles. The van der Waals surface area contributed by atoms with Crippen LogP contribution in [0.2, 0.25) is 0 Å². The molecule has 0 saturated carbocycles. The van der Waals surface area contributed by atoms with Crippen molar-refractivity contribution in [2.75, 3.05) is 21.3 Å². The van der Waals surface area contributed by atoms with E-state index in [1.807, 2.05) is 19.9 Å². The molecule has 0 aliphatic rings. The first-order valence-corrected chi connectivity index (χ1v) is 5.22. The molecule has 0 aliphatic carbocycles. The van der Waals surface area contributed by atoms with E-state index in [1.165, 1.54) is 0 Å². The average molecular weight is 235 g/mol. The largest absolute Gasteiger partial charge is 0.493 e. The Balaban J connectivity index is 3.50. The smallest absolute Gasteiger partial charge is 0.203 e. The van der Waals surface area contributed by atoms with Gasteiger partial charge in [0.05, 0.1) is 32.8 Å². The van der Waals surface area contributed by atoms with Crippen LogP contribution in [0.5, 0.6) is 17.2 Å². The van der Waals surface area contributed by atoms with Crippen LogP contribution >= 0.6 is 0 Å². The van der Waals surface area contributed by atoms with Crippen molar-refractivity contribution in [2.24, 2.45) is 0 Å². The second-order valence-corrected chi connectivity index (χ2v) is 4.12. The lowest BCUT2D eigenvalue weighted by Gasteiger charge is -2.22. The van der Waals surface area contributed by atoms with E-state index in [0.717, 1.165) is 5.56 Å². The second-order valence-electron chi connectivity index (χ2n) is 4.12. The zero-order valence-corrected chi connectivity index (χ0v) is 10.8. The van der Waals surface area contributed by atoms with Crippen molar-refractivity contribution in [3.8, 4) is 23.3 Å². The minimum absolute atomic E-state index is 0.510. The molecule has 0 N–H and O–H groups in total. The molecule has 1 aromatic rings. The summed E-state index contributed by atoms with van der Waals surface area (Å²) in [4.78, 5) is 0. The monoisotopic (exact) mass is 235 g/mol. The van der Waals surface area contributed by atoms with Gasteiger partial charge in [-0.3, -0.25) is 0 Å². The molecule has 0 bridgehead atoms. The van der Waals surface area contributed by atoms with Crippen LogP contribution in [0.4, 0.5) is 0 Å². The molecule has 0 unspecified atom stereocenters. The van der Waals surface area contributed by atoms with E-state index in [4.69, 9.17) is 14.2 Å². The van der Waals surface area contributed by atoms with Gasteiger partial charge in [0.25, 0.3) is 0 Å². The summed E-state index contributed by atoms with van der Waals surface area (Å²) in [6.45, 7) is 3.66. The molecule has 0 atom stereocenters. The molecule has 1 aromatic carbocycles. The quantitative estimate of drug-likeness (QED) is 0.804. The molecule has 0 spiro atoms. The van der Waals surface area contributed by atoms with Crippen LogP contribution < -0.4 is 14.2 Å². The minimum Gasteiger partial charge on any atom is -0.493 e. The Morgan fingerprint density at radius 3 is 2.00 bits per heavy atom. The molecule has 0 fully saturated rings. The first-order valence-electron chi connectivity index (χ1n) is 5.22. The van der Waals surface area contributed by atoms with Crippen LogP contribution in [0.1, 0.15) is 19.4 Å². The van der Waals surface area contributed by atoms with Crippen molar-refractivity contribution in [1.82, 2.24) is 0 Å². The van der Waals surface area contributed by atoms with Gasteiger partial charge < -0.3 is 14.2 Å². The topological polar surface area (TPSA) is 51.5 Å². The third-order valence-electron chi connectivity index (χ3n) is 2.66. The van der Waals surface area contributed by atoms with Crippen molar-refractivity contribution in [1.29, 1.82) is 5.26 Å². The third-order valence-corrected chi connectivity index (χ3v) is 2.66.